The molecule has 0 heterocycles. The molecule has 0 aromatic rings. The van der Waals surface area contributed by atoms with Crippen LogP contribution in [0.1, 0.15) is 6.92 Å². The Morgan fingerprint density at radius 2 is 2.12 bits per heavy atom. The Kier molecular flexibility index (Phi) is 3.21. The molecule has 1 atom stereocenters. The van der Waals surface area contributed by atoms with E-state index >= 15 is 0 Å². The molecule has 0 aliphatic rings. The summed E-state index contributed by atoms with van der Waals surface area (Å²) in [6.45, 7) is 1.72. The minimum absolute atomic E-state index is 0.0254. The number of rotatable bonds is 2. The Balaban J connectivity index is 3.75. The molecule has 0 spiro atoms. The van der Waals surface area contributed by atoms with Crippen LogP contribution >= 0.6 is 22.6 Å². The maximum Gasteiger partial charge on any atom is 0.265 e. The lowest BCUT2D eigenvalue weighted by Gasteiger charge is -1.95. The molecule has 5 heteroatoms. The lowest BCUT2D eigenvalue weighted by Crippen LogP contribution is -2.10. The summed E-state index contributed by atoms with van der Waals surface area (Å²) >= 11 is 1.93. The summed E-state index contributed by atoms with van der Waals surface area (Å²) < 4.78 is 28.1. The first-order chi connectivity index (χ1) is 3.42. The maximum absolute atomic E-state index is 9.99. The van der Waals surface area contributed by atoms with E-state index in [0.717, 1.165) is 0 Å². The molecule has 0 fully saturated rings. The lowest BCUT2D eigenvalue weighted by molar-refractivity contribution is 0.483. The Hall–Kier alpha value is 0.640. The van der Waals surface area contributed by atoms with E-state index in [1.54, 1.807) is 6.92 Å². The highest BCUT2D eigenvalue weighted by atomic mass is 127. The molecule has 8 heavy (non-hydrogen) atoms. The van der Waals surface area contributed by atoms with Crippen LogP contribution in [0.25, 0.3) is 0 Å². The summed E-state index contributed by atoms with van der Waals surface area (Å²) in [7, 11) is -3.73. The first-order valence-electron chi connectivity index (χ1n) is 2.01. The molecule has 0 amide bonds. The van der Waals surface area contributed by atoms with Gasteiger partial charge in [-0.2, -0.15) is 8.42 Å². The molecule has 50 valence electrons. The molecule has 0 saturated heterocycles. The van der Waals surface area contributed by atoms with Gasteiger partial charge >= 0.3 is 0 Å². The van der Waals surface area contributed by atoms with Crippen LogP contribution < -0.4 is 0 Å². The predicted molar refractivity (Wildman–Crippen MR) is 39.9 cm³/mol. The minimum Gasteiger partial charge on any atom is -0.286 e. The van der Waals surface area contributed by atoms with Crippen LogP contribution in [0, 0.1) is 0 Å². The Labute approximate surface area is 62.4 Å². The molecule has 0 radical (unpaired) electrons. The van der Waals surface area contributed by atoms with Gasteiger partial charge in [0.1, 0.15) is 0 Å². The highest BCUT2D eigenvalue weighted by molar-refractivity contribution is 14.1. The third-order valence-corrected chi connectivity index (χ3v) is 2.40. The fourth-order valence-corrected chi connectivity index (χ4v) is 2.23. The molecule has 0 rings (SSSR count). The number of hydrogen-bond acceptors (Lipinski definition) is 2. The average Bonchev–Trinajstić information content (AvgIpc) is 1.21. The summed E-state index contributed by atoms with van der Waals surface area (Å²) in [5.41, 5.74) is 0. The van der Waals surface area contributed by atoms with Crippen LogP contribution in [0.2, 0.25) is 0 Å². The Bertz CT molecular complexity index is 148. The summed E-state index contributed by atoms with van der Waals surface area (Å²) in [4.78, 5) is 0. The van der Waals surface area contributed by atoms with Gasteiger partial charge in [-0.1, -0.05) is 29.5 Å². The second-order valence-corrected chi connectivity index (χ2v) is 5.15. The smallest absolute Gasteiger partial charge is 0.265 e. The lowest BCUT2D eigenvalue weighted by atomic mass is 10.6. The second kappa shape index (κ2) is 2.98. The van der Waals surface area contributed by atoms with Gasteiger partial charge in [0, 0.05) is 3.92 Å². The molecule has 0 aliphatic carbocycles. The average molecular weight is 250 g/mol. The monoisotopic (exact) mass is 250 g/mol. The number of halogens is 1. The Morgan fingerprint density at radius 1 is 1.75 bits per heavy atom. The second-order valence-electron chi connectivity index (χ2n) is 1.53. The molecule has 0 aromatic carbocycles. The van der Waals surface area contributed by atoms with Crippen molar-refractivity contribution in [1.29, 1.82) is 0 Å². The van der Waals surface area contributed by atoms with E-state index in [0.29, 0.717) is 0 Å². The molecule has 0 bridgehead atoms. The number of hydrogen-bond donors (Lipinski definition) is 1. The van der Waals surface area contributed by atoms with Crippen molar-refractivity contribution in [2.75, 3.05) is 5.75 Å². The largest absolute Gasteiger partial charge is 0.286 e. The fourth-order valence-electron chi connectivity index (χ4n) is 0.290. The first kappa shape index (κ1) is 8.64. The van der Waals surface area contributed by atoms with Crippen molar-refractivity contribution in [3.8, 4) is 0 Å². The normalized spacial score (nSPS) is 15.9. The summed E-state index contributed by atoms with van der Waals surface area (Å²) in [6, 6.07) is 0. The van der Waals surface area contributed by atoms with Crippen LogP contribution in [-0.4, -0.2) is 22.6 Å². The molecule has 1 unspecified atom stereocenters. The fraction of sp³-hybridized carbons (Fsp3) is 1.00. The van der Waals surface area contributed by atoms with Crippen molar-refractivity contribution in [3.05, 3.63) is 0 Å². The third kappa shape index (κ3) is 6.64. The van der Waals surface area contributed by atoms with Crippen molar-refractivity contribution < 1.29 is 13.0 Å². The van der Waals surface area contributed by atoms with Crippen LogP contribution in [-0.2, 0) is 10.1 Å². The highest BCUT2D eigenvalue weighted by Crippen LogP contribution is 2.00. The Morgan fingerprint density at radius 3 is 2.12 bits per heavy atom. The van der Waals surface area contributed by atoms with E-state index < -0.39 is 10.1 Å². The molecule has 1 N–H and O–H groups in total. The van der Waals surface area contributed by atoms with Crippen LogP contribution in [0.15, 0.2) is 0 Å². The van der Waals surface area contributed by atoms with E-state index in [-0.39, 0.29) is 9.68 Å². The standard InChI is InChI=1S/C3H7IO3S/c1-3(4)2-8(5,6)7/h3H,2H2,1H3,(H,5,6,7). The van der Waals surface area contributed by atoms with Gasteiger partial charge in [0.15, 0.2) is 0 Å². The van der Waals surface area contributed by atoms with Gasteiger partial charge in [-0.15, -0.1) is 0 Å². The minimum atomic E-state index is -3.73. The topological polar surface area (TPSA) is 54.4 Å². The molecular weight excluding hydrogens is 243 g/mol. The van der Waals surface area contributed by atoms with Crippen molar-refractivity contribution in [1.82, 2.24) is 0 Å². The van der Waals surface area contributed by atoms with Gasteiger partial charge in [-0.3, -0.25) is 4.55 Å². The van der Waals surface area contributed by atoms with Crippen LogP contribution in [0.4, 0.5) is 0 Å². The molecule has 0 saturated carbocycles. The van der Waals surface area contributed by atoms with Crippen molar-refractivity contribution >= 4 is 32.7 Å². The zero-order valence-corrected chi connectivity index (χ0v) is 7.31. The SMILES string of the molecule is CC(I)CS(=O)(=O)O. The van der Waals surface area contributed by atoms with E-state index in [4.69, 9.17) is 4.55 Å². The van der Waals surface area contributed by atoms with E-state index in [2.05, 4.69) is 0 Å². The summed E-state index contributed by atoms with van der Waals surface area (Å²) in [5.74, 6) is -0.159. The summed E-state index contributed by atoms with van der Waals surface area (Å²) in [6.07, 6.45) is 0. The van der Waals surface area contributed by atoms with Crippen molar-refractivity contribution in [3.63, 3.8) is 0 Å². The van der Waals surface area contributed by atoms with Crippen molar-refractivity contribution in [2.24, 2.45) is 0 Å². The van der Waals surface area contributed by atoms with Gasteiger partial charge in [0.05, 0.1) is 5.75 Å². The highest BCUT2D eigenvalue weighted by Gasteiger charge is 2.07. The van der Waals surface area contributed by atoms with Crippen LogP contribution in [0.3, 0.4) is 0 Å². The van der Waals surface area contributed by atoms with Gasteiger partial charge in [-0.05, 0) is 0 Å². The molecular formula is C3H7IO3S. The van der Waals surface area contributed by atoms with Gasteiger partial charge in [-0.25, -0.2) is 0 Å². The van der Waals surface area contributed by atoms with Crippen LogP contribution in [0.5, 0.6) is 0 Å². The van der Waals surface area contributed by atoms with Crippen molar-refractivity contribution in [2.45, 2.75) is 10.8 Å². The summed E-state index contributed by atoms with van der Waals surface area (Å²) in [5, 5.41) is 0. The predicted octanol–water partition coefficient (Wildman–Crippen LogP) is 0.698. The molecule has 0 aliphatic heterocycles. The van der Waals surface area contributed by atoms with Gasteiger partial charge in [0.2, 0.25) is 0 Å². The maximum atomic E-state index is 9.99. The zero-order valence-electron chi connectivity index (χ0n) is 4.33. The number of alkyl halides is 1. The third-order valence-electron chi connectivity index (χ3n) is 0.440. The molecule has 0 aromatic heterocycles. The van der Waals surface area contributed by atoms with Gasteiger partial charge < -0.3 is 0 Å². The first-order valence-corrected chi connectivity index (χ1v) is 4.86. The van der Waals surface area contributed by atoms with E-state index in [1.807, 2.05) is 22.6 Å². The quantitative estimate of drug-likeness (QED) is 0.446. The van der Waals surface area contributed by atoms with E-state index in [9.17, 15) is 8.42 Å². The van der Waals surface area contributed by atoms with Gasteiger partial charge in [0.25, 0.3) is 10.1 Å². The zero-order chi connectivity index (χ0) is 6.78. The van der Waals surface area contributed by atoms with E-state index in [1.165, 1.54) is 0 Å². The molecule has 3 nitrogen and oxygen atoms in total.